The lowest BCUT2D eigenvalue weighted by atomic mass is 9.97. The molecule has 0 bridgehead atoms. The summed E-state index contributed by atoms with van der Waals surface area (Å²) < 4.78 is 128. The first-order chi connectivity index (χ1) is 62.8. The summed E-state index contributed by atoms with van der Waals surface area (Å²) in [6.07, 6.45) is -117. The molecule has 12 aliphatic heterocycles. The van der Waals surface area contributed by atoms with Crippen molar-refractivity contribution in [1.82, 2.24) is 0 Å². The fraction of sp³-hybridized carbons (Fsp3) is 1.00. The molecule has 0 aromatic rings. The first-order valence-electron chi connectivity index (χ1n) is 42.2. The van der Waals surface area contributed by atoms with Gasteiger partial charge in [0, 0.05) is 0 Å². The average molecular weight is 1960 g/mol. The molecule has 12 saturated heterocycles. The van der Waals surface area contributed by atoms with Crippen molar-refractivity contribution in [3.05, 3.63) is 0 Å². The highest BCUT2D eigenvalue weighted by molar-refractivity contribution is 5.01. The van der Waals surface area contributed by atoms with Gasteiger partial charge in [-0.2, -0.15) is 0 Å². The van der Waals surface area contributed by atoms with E-state index in [0.29, 0.717) is 0 Å². The Morgan fingerprint density at radius 1 is 0.113 bits per heavy atom. The van der Waals surface area contributed by atoms with Crippen molar-refractivity contribution < 1.29 is 303 Å². The quantitative estimate of drug-likeness (QED) is 0.0284. The molecule has 38 N–H and O–H groups in total. The monoisotopic (exact) mass is 1960 g/mol. The highest BCUT2D eigenvalue weighted by atomic mass is 16.8. The van der Waals surface area contributed by atoms with Gasteiger partial charge < -0.3 is 303 Å². The molecule has 12 fully saturated rings. The molecule has 60 atom stereocenters. The van der Waals surface area contributed by atoms with Gasteiger partial charge in [-0.1, -0.05) is 0 Å². The van der Waals surface area contributed by atoms with Gasteiger partial charge in [0.15, 0.2) is 75.5 Å². The Hall–Kier alpha value is -2.44. The Morgan fingerprint density at radius 3 is 0.331 bits per heavy atom. The number of aliphatic hydroxyl groups excluding tert-OH is 38. The third kappa shape index (κ3) is 24.3. The fourth-order valence-electron chi connectivity index (χ4n) is 16.3. The Morgan fingerprint density at radius 2 is 0.211 bits per heavy atom. The van der Waals surface area contributed by atoms with Crippen molar-refractivity contribution >= 4 is 0 Å². The van der Waals surface area contributed by atoms with Crippen LogP contribution < -0.4 is 0 Å². The maximum absolute atomic E-state index is 11.0. The lowest BCUT2D eigenvalue weighted by Crippen LogP contribution is -2.64. The molecule has 0 spiro atoms. The number of hydrogen-bond donors (Lipinski definition) is 38. The third-order valence-electron chi connectivity index (χ3n) is 24.9. The normalized spacial score (nSPS) is 53.8. The van der Waals surface area contributed by atoms with Crippen LogP contribution in [0.5, 0.6) is 0 Å². The lowest BCUT2D eigenvalue weighted by Gasteiger charge is -2.45. The minimum absolute atomic E-state index is 0.749. The smallest absolute Gasteiger partial charge is 0.186 e. The van der Waals surface area contributed by atoms with Crippen LogP contribution in [0.2, 0.25) is 0 Å². The minimum Gasteiger partial charge on any atom is -0.394 e. The number of ether oxygens (including phenoxy) is 23. The molecule has 61 heteroatoms. The van der Waals surface area contributed by atoms with Crippen molar-refractivity contribution in [1.29, 1.82) is 0 Å². The van der Waals surface area contributed by atoms with E-state index in [1.807, 2.05) is 0 Å². The zero-order valence-corrected chi connectivity index (χ0v) is 69.5. The van der Waals surface area contributed by atoms with Crippen molar-refractivity contribution in [2.24, 2.45) is 0 Å². The molecule has 0 amide bonds. The summed E-state index contributed by atoms with van der Waals surface area (Å²) >= 11 is 0. The molecule has 0 saturated carbocycles. The van der Waals surface area contributed by atoms with Gasteiger partial charge in [-0.3, -0.25) is 0 Å². The second kappa shape index (κ2) is 47.4. The van der Waals surface area contributed by atoms with Crippen LogP contribution in [0.1, 0.15) is 0 Å². The van der Waals surface area contributed by atoms with Gasteiger partial charge in [0.2, 0.25) is 0 Å². The Balaban J connectivity index is 0.582. The second-order valence-electron chi connectivity index (χ2n) is 34.0. The molecule has 0 aromatic carbocycles. The summed E-state index contributed by atoms with van der Waals surface area (Å²) in [6.45, 7) is -10.6. The first-order valence-corrected chi connectivity index (χ1v) is 42.2. The van der Waals surface area contributed by atoms with Crippen molar-refractivity contribution in [2.75, 3.05) is 79.3 Å². The maximum Gasteiger partial charge on any atom is 0.186 e. The largest absolute Gasteiger partial charge is 0.394 e. The van der Waals surface area contributed by atoms with Crippen LogP contribution in [-0.2, 0) is 109 Å². The van der Waals surface area contributed by atoms with Crippen molar-refractivity contribution in [2.45, 2.75) is 368 Å². The van der Waals surface area contributed by atoms with E-state index in [4.69, 9.17) is 109 Å². The predicted octanol–water partition coefficient (Wildman–Crippen LogP) is -27.2. The van der Waals surface area contributed by atoms with Gasteiger partial charge in [-0.25, -0.2) is 0 Å². The molecule has 12 aliphatic rings. The van der Waals surface area contributed by atoms with Gasteiger partial charge >= 0.3 is 0 Å². The summed E-state index contributed by atoms with van der Waals surface area (Å²) in [5.41, 5.74) is 0. The summed E-state index contributed by atoms with van der Waals surface area (Å²) in [5, 5.41) is 407. The number of aliphatic hydroxyl groups is 38. The maximum atomic E-state index is 11.0. The summed E-state index contributed by atoms with van der Waals surface area (Å²) in [6, 6.07) is 0. The Kier molecular flexibility index (Phi) is 39.0. The van der Waals surface area contributed by atoms with Crippen LogP contribution in [0, 0.1) is 0 Å². The van der Waals surface area contributed by atoms with Crippen LogP contribution in [-0.4, -0.2) is 642 Å². The summed E-state index contributed by atoms with van der Waals surface area (Å²) in [7, 11) is 0. The zero-order valence-electron chi connectivity index (χ0n) is 69.5. The predicted molar refractivity (Wildman–Crippen MR) is 395 cm³/mol. The van der Waals surface area contributed by atoms with Gasteiger partial charge in [-0.15, -0.1) is 0 Å². The van der Waals surface area contributed by atoms with E-state index < -0.39 is 448 Å². The zero-order chi connectivity index (χ0) is 97.4. The van der Waals surface area contributed by atoms with E-state index in [1.54, 1.807) is 0 Å². The minimum atomic E-state index is -2.17. The fourth-order valence-corrected chi connectivity index (χ4v) is 16.3. The van der Waals surface area contributed by atoms with Gasteiger partial charge in [-0.05, 0) is 0 Å². The van der Waals surface area contributed by atoms with Crippen LogP contribution >= 0.6 is 0 Å². The van der Waals surface area contributed by atoms with Crippen LogP contribution in [0.25, 0.3) is 0 Å². The van der Waals surface area contributed by atoms with Crippen molar-refractivity contribution in [3.63, 3.8) is 0 Å². The SMILES string of the molecule is OC[C@H]1O[C@H](OC[C@H]2O[C@H](OC[C@H]3O[C@H](OC[C@H]4O[C@H](OC[C@H]5O[C@H](OC[C@H]6O[C@H](OC[C@H]7O[C@H](OC[C@H]8O[C@H](OC[C@H]9O[C@H](OC[C@H]%10O[C@H](OC[C@H]%11O[C@H](OC[C@H]%12OC(O)[C@H](O)[C@@H](O)[C@@H]%12O)[C@H](O)[C@@H](O)[C@@H]%11O)[C@H](O)[C@@H](O)[C@@H]%10O)[C@H](O)[C@@H](O)[C@@H]9O)[C@H](O)[C@@H](O)[C@@H]8O)[C@H](O)[C@@H](O)[C@@H]7O)[C@H](O)[C@@H](O)[C@@H]6O)[C@H](O)[C@@H](O)[C@@H]5O)[C@H](O)[C@@H](O)[C@@H]4O)[C@H](O)[C@@H](O)[C@@H]3O)[C@H](O)[C@@H](O)[C@@H]2O)[C@H](O)[C@@H](O)[C@@H]1O. The van der Waals surface area contributed by atoms with E-state index in [9.17, 15) is 194 Å². The topological polar surface area (TPSA) is 981 Å². The molecule has 133 heavy (non-hydrogen) atoms. The molecular formula is C72H122O61. The molecule has 12 rings (SSSR count). The highest BCUT2D eigenvalue weighted by Crippen LogP contribution is 2.37. The van der Waals surface area contributed by atoms with Crippen molar-refractivity contribution in [3.8, 4) is 0 Å². The van der Waals surface area contributed by atoms with Gasteiger partial charge in [0.05, 0.1) is 79.3 Å². The van der Waals surface area contributed by atoms with Crippen LogP contribution in [0.3, 0.4) is 0 Å². The average Bonchev–Trinajstić information content (AvgIpc) is 0.792. The van der Waals surface area contributed by atoms with E-state index in [2.05, 4.69) is 0 Å². The molecule has 776 valence electrons. The summed E-state index contributed by atoms with van der Waals surface area (Å²) in [4.78, 5) is 0. The molecule has 0 aliphatic carbocycles. The van der Waals surface area contributed by atoms with E-state index in [0.717, 1.165) is 0 Å². The molecular weight excluding hydrogens is 1840 g/mol. The first kappa shape index (κ1) is 109. The number of hydrogen-bond acceptors (Lipinski definition) is 61. The molecule has 61 nitrogen and oxygen atoms in total. The van der Waals surface area contributed by atoms with E-state index in [1.165, 1.54) is 0 Å². The van der Waals surface area contributed by atoms with Gasteiger partial charge in [0.1, 0.15) is 293 Å². The highest BCUT2D eigenvalue weighted by Gasteiger charge is 2.58. The molecule has 12 heterocycles. The Labute approximate surface area is 748 Å². The molecule has 0 radical (unpaired) electrons. The number of rotatable bonds is 34. The summed E-state index contributed by atoms with van der Waals surface area (Å²) in [5.74, 6) is 0. The van der Waals surface area contributed by atoms with Gasteiger partial charge in [0.25, 0.3) is 0 Å². The molecule has 0 aromatic heterocycles. The second-order valence-corrected chi connectivity index (χ2v) is 34.0. The van der Waals surface area contributed by atoms with E-state index in [-0.39, 0.29) is 0 Å². The standard InChI is InChI=1S/C72H122O61/c73-1-13-25(74)38(87)50(99)62(123-13)112-3-15-27(76)40(89)52(101)64(125-15)114-5-17-29(78)42(91)54(103)66(127-17)116-7-19-31(80)44(93)56(105)68(129-19)118-9-21-33(82)46(95)58(107)70(131-21)120-11-23-35(84)48(97)60(109)72(133-23)121-12-24-36(85)47(96)59(108)71(132-24)119-10-22-34(83)45(94)57(106)69(130-22)117-8-20-32(81)43(92)55(104)67(128-20)115-6-18-30(79)41(90)53(102)65(126-18)113-4-16-28(77)39(88)51(100)63(124-16)111-2-14-26(75)37(86)49(98)61(110)122-14/h13-110H,1-12H2/t13-,14-,15-,16-,17-,18-,19-,20-,21-,22-,23-,24-,25-,26-,27-,28-,29-,30-,31-,32-,33-,34-,35-,36-,37+,38+,39+,40+,41+,42+,43+,44+,45+,46+,47+,48+,49-,50-,51-,52-,53-,54-,55-,56-,57-,58-,59-,60-,61?,62+,63+,64+,65+,66+,67+,68+,69+,70+,71+,72+/m1/s1. The Bertz CT molecular complexity index is 3330. The third-order valence-corrected chi connectivity index (χ3v) is 24.9. The molecule has 1 unspecified atom stereocenters. The van der Waals surface area contributed by atoms with Crippen LogP contribution in [0.4, 0.5) is 0 Å². The van der Waals surface area contributed by atoms with E-state index >= 15 is 0 Å². The lowest BCUT2D eigenvalue weighted by molar-refractivity contribution is -0.356. The van der Waals surface area contributed by atoms with Crippen LogP contribution in [0.15, 0.2) is 0 Å².